The normalized spacial score (nSPS) is 17.1. The van der Waals surface area contributed by atoms with Crippen molar-refractivity contribution in [1.29, 1.82) is 0 Å². The van der Waals surface area contributed by atoms with Gasteiger partial charge in [-0.05, 0) is 6.42 Å². The molecule has 0 aromatic heterocycles. The van der Waals surface area contributed by atoms with Crippen molar-refractivity contribution in [3.8, 4) is 0 Å². The summed E-state index contributed by atoms with van der Waals surface area (Å²) >= 11 is 0.880. The summed E-state index contributed by atoms with van der Waals surface area (Å²) in [4.78, 5) is 10.8. The van der Waals surface area contributed by atoms with E-state index in [4.69, 9.17) is 0 Å². The highest BCUT2D eigenvalue weighted by Gasteiger charge is 2.29. The summed E-state index contributed by atoms with van der Waals surface area (Å²) in [5, 5.41) is -0.125. The van der Waals surface area contributed by atoms with Crippen LogP contribution in [0.5, 0.6) is 0 Å². The maximum Gasteiger partial charge on any atom is 0.188 e. The first-order valence-corrected chi connectivity index (χ1v) is 5.65. The summed E-state index contributed by atoms with van der Waals surface area (Å²) in [7, 11) is 0. The fourth-order valence-electron chi connectivity index (χ4n) is 0.858. The van der Waals surface area contributed by atoms with Crippen molar-refractivity contribution in [2.75, 3.05) is 12.4 Å². The van der Waals surface area contributed by atoms with E-state index in [0.29, 0.717) is 6.42 Å². The molecular formula is C9H14F4OS. The second kappa shape index (κ2) is 7.96. The third kappa shape index (κ3) is 6.02. The third-order valence-electron chi connectivity index (χ3n) is 1.78. The number of hydrogen-bond donors (Lipinski definition) is 0. The summed E-state index contributed by atoms with van der Waals surface area (Å²) in [6, 6.07) is 0. The largest absolute Gasteiger partial charge is 0.287 e. The van der Waals surface area contributed by atoms with Gasteiger partial charge in [0.1, 0.15) is 12.8 Å². The molecule has 90 valence electrons. The maximum absolute atomic E-state index is 12.9. The van der Waals surface area contributed by atoms with Crippen LogP contribution in [-0.4, -0.2) is 36.1 Å². The second-order valence-corrected chi connectivity index (χ2v) is 4.15. The number of carbonyl (C=O) groups excluding carboxylic acids is 1. The van der Waals surface area contributed by atoms with Crippen molar-refractivity contribution in [3.05, 3.63) is 0 Å². The van der Waals surface area contributed by atoms with Gasteiger partial charge in [0, 0.05) is 12.2 Å². The Labute approximate surface area is 90.6 Å². The summed E-state index contributed by atoms with van der Waals surface area (Å²) < 4.78 is 49.6. The minimum atomic E-state index is -2.44. The zero-order valence-corrected chi connectivity index (χ0v) is 9.21. The molecule has 0 saturated heterocycles. The molecule has 3 unspecified atom stereocenters. The number of rotatable bonds is 7. The smallest absolute Gasteiger partial charge is 0.188 e. The van der Waals surface area contributed by atoms with Crippen molar-refractivity contribution in [1.82, 2.24) is 0 Å². The standard InChI is InChI=1S/C9H14F4OS/c1-2-8(14)15-4-3-6(11)9(13)7(12)5-10/h6-7,9H,2-5H2,1H3. The van der Waals surface area contributed by atoms with Crippen LogP contribution in [-0.2, 0) is 4.79 Å². The number of thioether (sulfide) groups is 1. The molecule has 0 bridgehead atoms. The van der Waals surface area contributed by atoms with Gasteiger partial charge in [0.05, 0.1) is 0 Å². The molecule has 0 aromatic carbocycles. The van der Waals surface area contributed by atoms with Gasteiger partial charge in [0.25, 0.3) is 0 Å². The summed E-state index contributed by atoms with van der Waals surface area (Å²) in [5.41, 5.74) is 0. The Kier molecular flexibility index (Phi) is 7.82. The van der Waals surface area contributed by atoms with Crippen molar-refractivity contribution in [2.24, 2.45) is 0 Å². The van der Waals surface area contributed by atoms with Crippen molar-refractivity contribution in [2.45, 2.75) is 38.3 Å². The van der Waals surface area contributed by atoms with E-state index in [1.807, 2.05) is 0 Å². The van der Waals surface area contributed by atoms with Gasteiger partial charge in [-0.15, -0.1) is 0 Å². The molecule has 0 amide bonds. The predicted octanol–water partition coefficient (Wildman–Crippen LogP) is 3.03. The maximum atomic E-state index is 12.9. The Hall–Kier alpha value is -0.260. The van der Waals surface area contributed by atoms with Crippen LogP contribution in [0.4, 0.5) is 17.6 Å². The van der Waals surface area contributed by atoms with Crippen LogP contribution in [0.25, 0.3) is 0 Å². The lowest BCUT2D eigenvalue weighted by atomic mass is 10.1. The third-order valence-corrected chi connectivity index (χ3v) is 2.83. The van der Waals surface area contributed by atoms with Crippen molar-refractivity contribution in [3.63, 3.8) is 0 Å². The van der Waals surface area contributed by atoms with E-state index >= 15 is 0 Å². The average molecular weight is 246 g/mol. The van der Waals surface area contributed by atoms with Gasteiger partial charge in [-0.2, -0.15) is 0 Å². The molecule has 0 heterocycles. The first-order valence-electron chi connectivity index (χ1n) is 4.66. The summed E-state index contributed by atoms with van der Waals surface area (Å²) in [6.45, 7) is 0.129. The lowest BCUT2D eigenvalue weighted by Gasteiger charge is -2.14. The van der Waals surface area contributed by atoms with Crippen LogP contribution in [0.3, 0.4) is 0 Å². The van der Waals surface area contributed by atoms with Gasteiger partial charge in [-0.1, -0.05) is 18.7 Å². The quantitative estimate of drug-likeness (QED) is 0.642. The zero-order chi connectivity index (χ0) is 11.8. The van der Waals surface area contributed by atoms with Crippen molar-refractivity contribution < 1.29 is 22.4 Å². The van der Waals surface area contributed by atoms with Gasteiger partial charge in [-0.25, -0.2) is 17.6 Å². The number of alkyl halides is 4. The minimum absolute atomic E-state index is 0.0905. The second-order valence-electron chi connectivity index (χ2n) is 2.99. The summed E-state index contributed by atoms with van der Waals surface area (Å²) in [6.07, 6.45) is -6.86. The molecule has 0 aliphatic rings. The molecule has 0 aliphatic heterocycles. The predicted molar refractivity (Wildman–Crippen MR) is 53.0 cm³/mol. The van der Waals surface area contributed by atoms with Crippen LogP contribution in [0.15, 0.2) is 0 Å². The Bertz CT molecular complexity index is 191. The number of carbonyl (C=O) groups is 1. The zero-order valence-electron chi connectivity index (χ0n) is 8.39. The molecular weight excluding hydrogens is 232 g/mol. The molecule has 0 aliphatic carbocycles. The van der Waals surface area contributed by atoms with Gasteiger partial charge < -0.3 is 0 Å². The van der Waals surface area contributed by atoms with Crippen LogP contribution >= 0.6 is 11.8 Å². The van der Waals surface area contributed by atoms with E-state index < -0.39 is 25.2 Å². The Morgan fingerprint density at radius 1 is 1.27 bits per heavy atom. The van der Waals surface area contributed by atoms with E-state index in [1.165, 1.54) is 0 Å². The van der Waals surface area contributed by atoms with E-state index in [9.17, 15) is 22.4 Å². The fraction of sp³-hybridized carbons (Fsp3) is 0.889. The Morgan fingerprint density at radius 2 is 1.87 bits per heavy atom. The van der Waals surface area contributed by atoms with E-state index in [0.717, 1.165) is 11.8 Å². The molecule has 0 N–H and O–H groups in total. The Morgan fingerprint density at radius 3 is 2.33 bits per heavy atom. The van der Waals surface area contributed by atoms with Crippen LogP contribution < -0.4 is 0 Å². The molecule has 6 heteroatoms. The molecule has 0 saturated carbocycles. The number of hydrogen-bond acceptors (Lipinski definition) is 2. The lowest BCUT2D eigenvalue weighted by Crippen LogP contribution is -2.30. The molecule has 0 radical (unpaired) electrons. The first-order chi connectivity index (χ1) is 7.02. The van der Waals surface area contributed by atoms with Gasteiger partial charge in [0.2, 0.25) is 0 Å². The van der Waals surface area contributed by atoms with Gasteiger partial charge in [-0.3, -0.25) is 4.79 Å². The van der Waals surface area contributed by atoms with Crippen molar-refractivity contribution >= 4 is 16.9 Å². The lowest BCUT2D eigenvalue weighted by molar-refractivity contribution is -0.110. The molecule has 0 aromatic rings. The molecule has 1 nitrogen and oxygen atoms in total. The van der Waals surface area contributed by atoms with E-state index in [-0.39, 0.29) is 17.3 Å². The minimum Gasteiger partial charge on any atom is -0.287 e. The fourth-order valence-corrected chi connectivity index (χ4v) is 1.63. The van der Waals surface area contributed by atoms with Gasteiger partial charge in [0.15, 0.2) is 17.5 Å². The average Bonchev–Trinajstić information content (AvgIpc) is 2.26. The first kappa shape index (κ1) is 14.7. The van der Waals surface area contributed by atoms with Gasteiger partial charge >= 0.3 is 0 Å². The molecule has 0 fully saturated rings. The highest BCUT2D eigenvalue weighted by Crippen LogP contribution is 2.18. The molecule has 0 rings (SSSR count). The highest BCUT2D eigenvalue weighted by atomic mass is 32.2. The van der Waals surface area contributed by atoms with Crippen LogP contribution in [0.1, 0.15) is 19.8 Å². The monoisotopic (exact) mass is 246 g/mol. The van der Waals surface area contributed by atoms with E-state index in [1.54, 1.807) is 6.92 Å². The SMILES string of the molecule is CCC(=O)SCCC(F)C(F)C(F)CF. The van der Waals surface area contributed by atoms with Crippen LogP contribution in [0, 0.1) is 0 Å². The molecule has 15 heavy (non-hydrogen) atoms. The highest BCUT2D eigenvalue weighted by molar-refractivity contribution is 8.13. The topological polar surface area (TPSA) is 17.1 Å². The number of halogens is 4. The molecule has 0 spiro atoms. The van der Waals surface area contributed by atoms with Crippen LogP contribution in [0.2, 0.25) is 0 Å². The van der Waals surface area contributed by atoms with E-state index in [2.05, 4.69) is 0 Å². The Balaban J connectivity index is 3.73. The molecule has 3 atom stereocenters. The summed E-state index contributed by atoms with van der Waals surface area (Å²) in [5.74, 6) is 0.0905.